The Balaban J connectivity index is 1.17. The highest BCUT2D eigenvalue weighted by Gasteiger charge is 2.33. The van der Waals surface area contributed by atoms with Gasteiger partial charge >= 0.3 is 12.2 Å². The number of para-hydroxylation sites is 1. The number of rotatable bonds is 8. The molecule has 43 heavy (non-hydrogen) atoms. The molecule has 0 atom stereocenters. The Kier molecular flexibility index (Phi) is 8.95. The molecule has 1 aliphatic rings. The predicted molar refractivity (Wildman–Crippen MR) is 161 cm³/mol. The minimum absolute atomic E-state index is 0.0980. The first-order valence-corrected chi connectivity index (χ1v) is 14.7. The Labute approximate surface area is 251 Å². The second-order valence-electron chi connectivity index (χ2n) is 9.94. The fourth-order valence-corrected chi connectivity index (χ4v) is 5.64. The molecular formula is C31H29F3N6O2S. The summed E-state index contributed by atoms with van der Waals surface area (Å²) in [5.41, 5.74) is 4.29. The zero-order valence-electron chi connectivity index (χ0n) is 23.6. The van der Waals surface area contributed by atoms with E-state index < -0.39 is 17.8 Å². The first-order valence-electron chi connectivity index (χ1n) is 13.7. The minimum Gasteiger partial charge on any atom is -0.336 e. The Morgan fingerprint density at radius 1 is 1.09 bits per heavy atom. The highest BCUT2D eigenvalue weighted by Crippen LogP contribution is 2.33. The van der Waals surface area contributed by atoms with Gasteiger partial charge in [-0.05, 0) is 73.2 Å². The third-order valence-corrected chi connectivity index (χ3v) is 7.87. The predicted octanol–water partition coefficient (Wildman–Crippen LogP) is 6.60. The number of amidine groups is 1. The van der Waals surface area contributed by atoms with Crippen LogP contribution in [0.15, 0.2) is 78.0 Å². The molecule has 1 aromatic heterocycles. The number of halogens is 3. The van der Waals surface area contributed by atoms with Crippen molar-refractivity contribution in [3.63, 3.8) is 0 Å². The molecule has 0 saturated carbocycles. The van der Waals surface area contributed by atoms with Crippen molar-refractivity contribution in [2.45, 2.75) is 39.3 Å². The lowest BCUT2D eigenvalue weighted by Gasteiger charge is -2.21. The van der Waals surface area contributed by atoms with Crippen LogP contribution in [0.5, 0.6) is 0 Å². The van der Waals surface area contributed by atoms with Gasteiger partial charge < -0.3 is 5.32 Å². The molecule has 4 aromatic rings. The number of alkyl halides is 3. The smallest absolute Gasteiger partial charge is 0.336 e. The number of aryl methyl sites for hydroxylation is 3. The number of hydrogen-bond donors (Lipinski definition) is 1. The summed E-state index contributed by atoms with van der Waals surface area (Å²) < 4.78 is 40.0. The normalized spacial score (nSPS) is 14.5. The lowest BCUT2D eigenvalue weighted by Crippen LogP contribution is -2.32. The summed E-state index contributed by atoms with van der Waals surface area (Å²) in [4.78, 5) is 35.4. The second kappa shape index (κ2) is 12.8. The van der Waals surface area contributed by atoms with E-state index in [4.69, 9.17) is 0 Å². The molecule has 3 aromatic carbocycles. The van der Waals surface area contributed by atoms with Crippen LogP contribution in [0.1, 0.15) is 35.6 Å². The van der Waals surface area contributed by atoms with E-state index in [0.29, 0.717) is 36.1 Å². The van der Waals surface area contributed by atoms with Gasteiger partial charge in [0, 0.05) is 12.1 Å². The van der Waals surface area contributed by atoms with Crippen molar-refractivity contribution in [1.82, 2.24) is 20.1 Å². The van der Waals surface area contributed by atoms with E-state index in [-0.39, 0.29) is 11.7 Å². The van der Waals surface area contributed by atoms with Crippen molar-refractivity contribution in [1.29, 1.82) is 0 Å². The monoisotopic (exact) mass is 606 g/mol. The van der Waals surface area contributed by atoms with Gasteiger partial charge in [0.25, 0.3) is 0 Å². The molecule has 0 bridgehead atoms. The number of nitrogens with one attached hydrogen (secondary N) is 1. The maximum atomic E-state index is 12.9. The summed E-state index contributed by atoms with van der Waals surface area (Å²) in [6.07, 6.45) is -0.863. The quantitative estimate of drug-likeness (QED) is 0.228. The molecule has 222 valence electrons. The van der Waals surface area contributed by atoms with Crippen molar-refractivity contribution in [2.75, 3.05) is 17.2 Å². The molecule has 0 unspecified atom stereocenters. The summed E-state index contributed by atoms with van der Waals surface area (Å²) in [6, 6.07) is 17.7. The minimum atomic E-state index is -4.40. The Bertz CT molecular complexity index is 1670. The second-order valence-corrected chi connectivity index (χ2v) is 10.9. The molecular weight excluding hydrogens is 577 g/mol. The fraction of sp³-hybridized carbons (Fsp3) is 0.258. The SMILES string of the molecule is CCc1cccc(C)c1N1C(=O)CSC1=NC(=O)NCCCc1cccc(-c2ncn(-c3ccc(C(F)(F)F)cc3)n2)c1. The van der Waals surface area contributed by atoms with Gasteiger partial charge in [0.2, 0.25) is 5.91 Å². The highest BCUT2D eigenvalue weighted by atomic mass is 32.2. The number of benzene rings is 3. The Hall–Kier alpha value is -4.45. The van der Waals surface area contributed by atoms with Crippen LogP contribution >= 0.6 is 11.8 Å². The van der Waals surface area contributed by atoms with Gasteiger partial charge in [-0.1, -0.05) is 55.1 Å². The third-order valence-electron chi connectivity index (χ3n) is 6.94. The summed E-state index contributed by atoms with van der Waals surface area (Å²) >= 11 is 1.25. The van der Waals surface area contributed by atoms with Crippen molar-refractivity contribution in [2.24, 2.45) is 4.99 Å². The number of carbonyl (C=O) groups excluding carboxylic acids is 2. The van der Waals surface area contributed by atoms with E-state index in [1.807, 2.05) is 56.3 Å². The molecule has 8 nitrogen and oxygen atoms in total. The van der Waals surface area contributed by atoms with E-state index >= 15 is 0 Å². The van der Waals surface area contributed by atoms with E-state index in [2.05, 4.69) is 20.4 Å². The lowest BCUT2D eigenvalue weighted by molar-refractivity contribution is -0.137. The zero-order valence-corrected chi connectivity index (χ0v) is 24.4. The molecule has 12 heteroatoms. The average Bonchev–Trinajstić information content (AvgIpc) is 3.62. The first-order chi connectivity index (χ1) is 20.6. The summed E-state index contributed by atoms with van der Waals surface area (Å²) in [5, 5.41) is 7.62. The topological polar surface area (TPSA) is 92.5 Å². The third kappa shape index (κ3) is 6.96. The van der Waals surface area contributed by atoms with Crippen LogP contribution in [0, 0.1) is 6.92 Å². The van der Waals surface area contributed by atoms with Gasteiger partial charge in [-0.25, -0.2) is 14.5 Å². The Morgan fingerprint density at radius 3 is 2.60 bits per heavy atom. The van der Waals surface area contributed by atoms with Crippen LogP contribution in [0.3, 0.4) is 0 Å². The van der Waals surface area contributed by atoms with Gasteiger partial charge in [-0.15, -0.1) is 5.10 Å². The van der Waals surface area contributed by atoms with E-state index in [1.54, 1.807) is 4.90 Å². The number of anilines is 1. The van der Waals surface area contributed by atoms with Crippen LogP contribution in [0.2, 0.25) is 0 Å². The maximum absolute atomic E-state index is 12.9. The number of carbonyl (C=O) groups is 2. The molecule has 2 heterocycles. The van der Waals surface area contributed by atoms with Crippen LogP contribution < -0.4 is 10.2 Å². The molecule has 1 saturated heterocycles. The van der Waals surface area contributed by atoms with Crippen LogP contribution in [0.25, 0.3) is 17.1 Å². The number of hydrogen-bond acceptors (Lipinski definition) is 5. The first kappa shape index (κ1) is 30.0. The summed E-state index contributed by atoms with van der Waals surface area (Å²) in [6.45, 7) is 4.36. The number of urea groups is 1. The molecule has 3 amide bonds. The number of aliphatic imine (C=N–C) groups is 1. The maximum Gasteiger partial charge on any atom is 0.416 e. The van der Waals surface area contributed by atoms with Crippen molar-refractivity contribution in [3.8, 4) is 17.1 Å². The molecule has 1 N–H and O–H groups in total. The summed E-state index contributed by atoms with van der Waals surface area (Å²) in [5.74, 6) is 0.579. The van der Waals surface area contributed by atoms with Crippen molar-refractivity contribution >= 4 is 34.6 Å². The van der Waals surface area contributed by atoms with E-state index in [0.717, 1.165) is 46.5 Å². The van der Waals surface area contributed by atoms with Gasteiger partial charge in [-0.2, -0.15) is 18.2 Å². The van der Waals surface area contributed by atoms with E-state index in [1.165, 1.54) is 34.9 Å². The average molecular weight is 607 g/mol. The van der Waals surface area contributed by atoms with Gasteiger partial charge in [0.1, 0.15) is 6.33 Å². The number of amides is 3. The summed E-state index contributed by atoms with van der Waals surface area (Å²) in [7, 11) is 0. The van der Waals surface area contributed by atoms with Gasteiger partial charge in [-0.3, -0.25) is 9.69 Å². The van der Waals surface area contributed by atoms with Crippen molar-refractivity contribution in [3.05, 3.63) is 95.3 Å². The molecule has 5 rings (SSSR count). The molecule has 0 spiro atoms. The van der Waals surface area contributed by atoms with Crippen LogP contribution in [0.4, 0.5) is 23.7 Å². The molecule has 0 aliphatic carbocycles. The zero-order chi connectivity index (χ0) is 30.6. The Morgan fingerprint density at radius 2 is 1.86 bits per heavy atom. The molecule has 1 fully saturated rings. The van der Waals surface area contributed by atoms with Crippen LogP contribution in [-0.4, -0.2) is 44.2 Å². The number of thioether (sulfide) groups is 1. The van der Waals surface area contributed by atoms with Gasteiger partial charge in [0.15, 0.2) is 11.0 Å². The highest BCUT2D eigenvalue weighted by molar-refractivity contribution is 8.15. The largest absolute Gasteiger partial charge is 0.416 e. The number of nitrogens with zero attached hydrogens (tertiary/aromatic N) is 5. The fourth-order valence-electron chi connectivity index (χ4n) is 4.79. The standard InChI is InChI=1S/C31H29F3N6O2S/c1-3-22-10-4-7-20(2)27(22)40-26(41)18-43-30(40)37-29(42)35-16-6-9-21-8-5-11-23(17-21)28-36-19-39(38-28)25-14-12-24(13-15-25)31(32,33)34/h4-5,7-8,10-15,17,19H,3,6,9,16,18H2,1-2H3,(H,35,42). The molecule has 0 radical (unpaired) electrons. The van der Waals surface area contributed by atoms with Crippen LogP contribution in [-0.2, 0) is 23.8 Å². The van der Waals surface area contributed by atoms with E-state index in [9.17, 15) is 22.8 Å². The van der Waals surface area contributed by atoms with Crippen molar-refractivity contribution < 1.29 is 22.8 Å². The van der Waals surface area contributed by atoms with Gasteiger partial charge in [0.05, 0.1) is 22.7 Å². The molecule has 1 aliphatic heterocycles. The lowest BCUT2D eigenvalue weighted by atomic mass is 10.0. The number of aromatic nitrogens is 3.